The lowest BCUT2D eigenvalue weighted by atomic mass is 10.0. The van der Waals surface area contributed by atoms with E-state index in [9.17, 15) is 0 Å². The van der Waals surface area contributed by atoms with E-state index in [1.807, 2.05) is 14.0 Å². The summed E-state index contributed by atoms with van der Waals surface area (Å²) in [5.74, 6) is 0. The first-order valence-electron chi connectivity index (χ1n) is 6.10. The zero-order valence-electron chi connectivity index (χ0n) is 10.4. The lowest BCUT2D eigenvalue weighted by molar-refractivity contribution is 0.0648. The first-order valence-corrected chi connectivity index (χ1v) is 6.10. The Bertz CT molecular complexity index is 470. The quantitative estimate of drug-likeness (QED) is 0.850. The minimum Gasteiger partial charge on any atom is -0.372 e. The third kappa shape index (κ3) is 2.65. The maximum Gasteiger partial charge on any atom is 0.0954 e. The molecule has 2 aromatic carbocycles. The number of ether oxygens (including phenoxy) is 1. The Morgan fingerprint density at radius 1 is 1.12 bits per heavy atom. The number of hydrogen-bond donors (Lipinski definition) is 1. The number of nitrogens with one attached hydrogen (secondary N) is 1. The summed E-state index contributed by atoms with van der Waals surface area (Å²) < 4.78 is 5.81. The standard InChI is InChI=1S/C15H19NO/c1-3-17-15(11-16-2)14-10-6-8-12-7-4-5-9-13(12)14/h4-10,15-16H,3,11H2,1-2H3/t15-/m0/s1. The van der Waals surface area contributed by atoms with Crippen LogP contribution in [0.4, 0.5) is 0 Å². The summed E-state index contributed by atoms with van der Waals surface area (Å²) in [6, 6.07) is 14.8. The minimum absolute atomic E-state index is 0.121. The van der Waals surface area contributed by atoms with E-state index in [1.165, 1.54) is 16.3 Å². The molecule has 0 radical (unpaired) electrons. The van der Waals surface area contributed by atoms with E-state index >= 15 is 0 Å². The highest BCUT2D eigenvalue weighted by Gasteiger charge is 2.12. The third-order valence-corrected chi connectivity index (χ3v) is 2.93. The van der Waals surface area contributed by atoms with Crippen LogP contribution in [0.5, 0.6) is 0 Å². The van der Waals surface area contributed by atoms with Gasteiger partial charge >= 0.3 is 0 Å². The van der Waals surface area contributed by atoms with Gasteiger partial charge in [0.05, 0.1) is 6.10 Å². The van der Waals surface area contributed by atoms with Gasteiger partial charge in [0.1, 0.15) is 0 Å². The number of hydrogen-bond acceptors (Lipinski definition) is 2. The highest BCUT2D eigenvalue weighted by molar-refractivity contribution is 5.86. The molecule has 90 valence electrons. The zero-order chi connectivity index (χ0) is 12.1. The normalized spacial score (nSPS) is 12.8. The first-order chi connectivity index (χ1) is 8.36. The fourth-order valence-corrected chi connectivity index (χ4v) is 2.18. The van der Waals surface area contributed by atoms with Crippen LogP contribution < -0.4 is 5.32 Å². The Morgan fingerprint density at radius 3 is 2.65 bits per heavy atom. The number of rotatable bonds is 5. The second kappa shape index (κ2) is 5.80. The molecule has 2 heteroatoms. The van der Waals surface area contributed by atoms with Crippen LogP contribution in [-0.2, 0) is 4.74 Å². The van der Waals surface area contributed by atoms with Crippen LogP contribution in [0.15, 0.2) is 42.5 Å². The SMILES string of the molecule is CCO[C@@H](CNC)c1cccc2ccccc12. The molecule has 1 atom stereocenters. The van der Waals surface area contributed by atoms with E-state index in [4.69, 9.17) is 4.74 Å². The Labute approximate surface area is 103 Å². The van der Waals surface area contributed by atoms with Crippen molar-refractivity contribution in [3.05, 3.63) is 48.0 Å². The van der Waals surface area contributed by atoms with Crippen LogP contribution in [0.25, 0.3) is 10.8 Å². The molecule has 0 aliphatic carbocycles. The van der Waals surface area contributed by atoms with Crippen molar-refractivity contribution >= 4 is 10.8 Å². The topological polar surface area (TPSA) is 21.3 Å². The van der Waals surface area contributed by atoms with E-state index in [-0.39, 0.29) is 6.10 Å². The highest BCUT2D eigenvalue weighted by atomic mass is 16.5. The molecule has 1 N–H and O–H groups in total. The molecule has 0 aliphatic rings. The molecule has 2 rings (SSSR count). The van der Waals surface area contributed by atoms with Gasteiger partial charge in [0, 0.05) is 13.2 Å². The third-order valence-electron chi connectivity index (χ3n) is 2.93. The molecule has 2 nitrogen and oxygen atoms in total. The van der Waals surface area contributed by atoms with Gasteiger partial charge in [-0.2, -0.15) is 0 Å². The maximum atomic E-state index is 5.81. The number of fused-ring (bicyclic) bond motifs is 1. The van der Waals surface area contributed by atoms with Crippen molar-refractivity contribution in [3.8, 4) is 0 Å². The van der Waals surface area contributed by atoms with Gasteiger partial charge in [-0.3, -0.25) is 0 Å². The van der Waals surface area contributed by atoms with Gasteiger partial charge in [-0.25, -0.2) is 0 Å². The minimum atomic E-state index is 0.121. The van der Waals surface area contributed by atoms with Crippen molar-refractivity contribution in [1.82, 2.24) is 5.32 Å². The van der Waals surface area contributed by atoms with E-state index < -0.39 is 0 Å². The van der Waals surface area contributed by atoms with Crippen molar-refractivity contribution in [2.75, 3.05) is 20.2 Å². The lowest BCUT2D eigenvalue weighted by Crippen LogP contribution is -2.20. The summed E-state index contributed by atoms with van der Waals surface area (Å²) in [5, 5.41) is 5.74. The molecule has 2 aromatic rings. The van der Waals surface area contributed by atoms with E-state index in [1.54, 1.807) is 0 Å². The van der Waals surface area contributed by atoms with Gasteiger partial charge in [-0.1, -0.05) is 42.5 Å². The van der Waals surface area contributed by atoms with E-state index in [0.29, 0.717) is 0 Å². The summed E-state index contributed by atoms with van der Waals surface area (Å²) >= 11 is 0. The Kier molecular flexibility index (Phi) is 4.13. The fourth-order valence-electron chi connectivity index (χ4n) is 2.18. The summed E-state index contributed by atoms with van der Waals surface area (Å²) in [5.41, 5.74) is 1.26. The van der Waals surface area contributed by atoms with Crippen molar-refractivity contribution in [1.29, 1.82) is 0 Å². The van der Waals surface area contributed by atoms with E-state index in [0.717, 1.165) is 13.2 Å². The Balaban J connectivity index is 2.44. The van der Waals surface area contributed by atoms with Crippen molar-refractivity contribution in [2.24, 2.45) is 0 Å². The average molecular weight is 229 g/mol. The molecule has 0 unspecified atom stereocenters. The zero-order valence-corrected chi connectivity index (χ0v) is 10.4. The molecule has 0 saturated heterocycles. The molecule has 0 aliphatic heterocycles. The molecular formula is C15H19NO. The molecule has 0 bridgehead atoms. The van der Waals surface area contributed by atoms with Crippen molar-refractivity contribution < 1.29 is 4.74 Å². The molecule has 0 heterocycles. The van der Waals surface area contributed by atoms with Crippen molar-refractivity contribution in [2.45, 2.75) is 13.0 Å². The number of likely N-dealkylation sites (N-methyl/N-ethyl adjacent to an activating group) is 1. The van der Waals surface area contributed by atoms with Gasteiger partial charge in [0.25, 0.3) is 0 Å². The van der Waals surface area contributed by atoms with Crippen LogP contribution in [0.2, 0.25) is 0 Å². The predicted octanol–water partition coefficient (Wildman–Crippen LogP) is 3.14. The van der Waals surface area contributed by atoms with Gasteiger partial charge in [-0.05, 0) is 30.3 Å². The van der Waals surface area contributed by atoms with Crippen LogP contribution in [-0.4, -0.2) is 20.2 Å². The molecule has 0 saturated carbocycles. The van der Waals surface area contributed by atoms with Crippen LogP contribution in [0, 0.1) is 0 Å². The van der Waals surface area contributed by atoms with Gasteiger partial charge in [-0.15, -0.1) is 0 Å². The second-order valence-electron chi connectivity index (χ2n) is 4.07. The molecule has 17 heavy (non-hydrogen) atoms. The fraction of sp³-hybridized carbons (Fsp3) is 0.333. The van der Waals surface area contributed by atoms with Crippen molar-refractivity contribution in [3.63, 3.8) is 0 Å². The predicted molar refractivity (Wildman–Crippen MR) is 72.2 cm³/mol. The van der Waals surface area contributed by atoms with Gasteiger partial charge in [0.2, 0.25) is 0 Å². The smallest absolute Gasteiger partial charge is 0.0954 e. The summed E-state index contributed by atoms with van der Waals surface area (Å²) in [4.78, 5) is 0. The molecule has 0 fully saturated rings. The highest BCUT2D eigenvalue weighted by Crippen LogP contribution is 2.26. The maximum absolute atomic E-state index is 5.81. The van der Waals surface area contributed by atoms with E-state index in [2.05, 4.69) is 47.8 Å². The average Bonchev–Trinajstić information content (AvgIpc) is 2.38. The van der Waals surface area contributed by atoms with Crippen LogP contribution in [0.3, 0.4) is 0 Å². The molecule has 0 aromatic heterocycles. The molecule has 0 amide bonds. The monoisotopic (exact) mass is 229 g/mol. The summed E-state index contributed by atoms with van der Waals surface area (Å²) in [6.07, 6.45) is 0.121. The molecule has 0 spiro atoms. The van der Waals surface area contributed by atoms with Gasteiger partial charge < -0.3 is 10.1 Å². The van der Waals surface area contributed by atoms with Crippen LogP contribution in [0.1, 0.15) is 18.6 Å². The van der Waals surface area contributed by atoms with Gasteiger partial charge in [0.15, 0.2) is 0 Å². The Hall–Kier alpha value is -1.38. The molecular weight excluding hydrogens is 210 g/mol. The number of benzene rings is 2. The Morgan fingerprint density at radius 2 is 1.88 bits per heavy atom. The summed E-state index contributed by atoms with van der Waals surface area (Å²) in [6.45, 7) is 3.60. The van der Waals surface area contributed by atoms with Crippen LogP contribution >= 0.6 is 0 Å². The lowest BCUT2D eigenvalue weighted by Gasteiger charge is -2.19. The first kappa shape index (κ1) is 12.1. The summed E-state index contributed by atoms with van der Waals surface area (Å²) in [7, 11) is 1.96. The largest absolute Gasteiger partial charge is 0.372 e. The second-order valence-corrected chi connectivity index (χ2v) is 4.07.